The molecule has 2 fully saturated rings. The van der Waals surface area contributed by atoms with E-state index in [1.165, 1.54) is 18.2 Å². The molecule has 3 rings (SSSR count). The lowest BCUT2D eigenvalue weighted by molar-refractivity contribution is 0.469. The van der Waals surface area contributed by atoms with Gasteiger partial charge in [0, 0.05) is 37.7 Å². The van der Waals surface area contributed by atoms with Crippen LogP contribution in [0.2, 0.25) is 0 Å². The highest BCUT2D eigenvalue weighted by atomic mass is 127. The fourth-order valence-electron chi connectivity index (χ4n) is 3.83. The van der Waals surface area contributed by atoms with E-state index in [1.807, 2.05) is 4.90 Å². The summed E-state index contributed by atoms with van der Waals surface area (Å²) >= 11 is 0. The fraction of sp³-hybridized carbons (Fsp3) is 0.632. The molecule has 0 aliphatic carbocycles. The average Bonchev–Trinajstić information content (AvgIpc) is 3.21. The van der Waals surface area contributed by atoms with Crippen molar-refractivity contribution in [3.05, 3.63) is 35.4 Å². The third-order valence-corrected chi connectivity index (χ3v) is 7.09. The zero-order valence-electron chi connectivity index (χ0n) is 16.0. The smallest absolute Gasteiger partial charge is 0.193 e. The van der Waals surface area contributed by atoms with Crippen LogP contribution in [0.4, 0.5) is 8.78 Å². The Morgan fingerprint density at radius 3 is 2.61 bits per heavy atom. The molecule has 2 saturated heterocycles. The number of likely N-dealkylation sites (tertiary alicyclic amines) is 1. The van der Waals surface area contributed by atoms with Crippen LogP contribution in [-0.2, 0) is 9.84 Å². The fourth-order valence-corrected chi connectivity index (χ4v) is 5.67. The molecule has 1 N–H and O–H groups in total. The minimum Gasteiger partial charge on any atom is -0.356 e. The highest BCUT2D eigenvalue weighted by molar-refractivity contribution is 14.0. The molecule has 1 aromatic carbocycles. The Bertz CT molecular complexity index is 784. The molecule has 2 aliphatic heterocycles. The van der Waals surface area contributed by atoms with E-state index in [0.717, 1.165) is 13.0 Å². The summed E-state index contributed by atoms with van der Waals surface area (Å²) in [5.74, 6) is -0.0249. The largest absolute Gasteiger partial charge is 0.356 e. The number of halogens is 3. The molecule has 0 aromatic heterocycles. The van der Waals surface area contributed by atoms with Crippen LogP contribution < -0.4 is 5.32 Å². The van der Waals surface area contributed by atoms with E-state index in [9.17, 15) is 17.2 Å². The highest BCUT2D eigenvalue weighted by Gasteiger charge is 2.31. The van der Waals surface area contributed by atoms with Crippen molar-refractivity contribution in [1.29, 1.82) is 0 Å². The minimum atomic E-state index is -2.92. The molecular weight excluding hydrogens is 499 g/mol. The van der Waals surface area contributed by atoms with Gasteiger partial charge in [-0.15, -0.1) is 24.0 Å². The first kappa shape index (κ1) is 23.3. The predicted octanol–water partition coefficient (Wildman–Crippen LogP) is 3.16. The maximum Gasteiger partial charge on any atom is 0.193 e. The van der Waals surface area contributed by atoms with Gasteiger partial charge in [-0.3, -0.25) is 4.99 Å². The molecule has 0 radical (unpaired) electrons. The van der Waals surface area contributed by atoms with Gasteiger partial charge in [0.1, 0.15) is 11.6 Å². The first-order valence-corrected chi connectivity index (χ1v) is 11.4. The second kappa shape index (κ2) is 10.2. The number of rotatable bonds is 5. The zero-order chi connectivity index (χ0) is 19.4. The minimum absolute atomic E-state index is 0. The van der Waals surface area contributed by atoms with E-state index in [4.69, 9.17) is 0 Å². The molecular formula is C19H28F2IN3O2S. The number of nitrogens with one attached hydrogen (secondary N) is 1. The van der Waals surface area contributed by atoms with Crippen LogP contribution >= 0.6 is 24.0 Å². The van der Waals surface area contributed by atoms with Crippen LogP contribution in [0.25, 0.3) is 0 Å². The van der Waals surface area contributed by atoms with Gasteiger partial charge in [0.2, 0.25) is 0 Å². The molecule has 2 atom stereocenters. The van der Waals surface area contributed by atoms with Gasteiger partial charge < -0.3 is 10.2 Å². The van der Waals surface area contributed by atoms with E-state index >= 15 is 0 Å². The van der Waals surface area contributed by atoms with Crippen LogP contribution in [0.5, 0.6) is 0 Å². The Morgan fingerprint density at radius 2 is 2.00 bits per heavy atom. The lowest BCUT2D eigenvalue weighted by Gasteiger charge is -2.23. The number of nitrogens with zero attached hydrogens (tertiary/aromatic N) is 2. The van der Waals surface area contributed by atoms with Gasteiger partial charge in [-0.2, -0.15) is 0 Å². The molecule has 28 heavy (non-hydrogen) atoms. The summed E-state index contributed by atoms with van der Waals surface area (Å²) in [7, 11) is -2.92. The van der Waals surface area contributed by atoms with Crippen molar-refractivity contribution in [2.45, 2.75) is 32.1 Å². The molecule has 5 nitrogen and oxygen atoms in total. The van der Waals surface area contributed by atoms with Gasteiger partial charge in [-0.1, -0.05) is 13.0 Å². The summed E-state index contributed by atoms with van der Waals surface area (Å²) in [6.45, 7) is 4.42. The number of aliphatic imine (C=N–C) groups is 1. The molecule has 0 spiro atoms. The van der Waals surface area contributed by atoms with Gasteiger partial charge in [0.25, 0.3) is 0 Å². The summed E-state index contributed by atoms with van der Waals surface area (Å²) in [5, 5.41) is 3.30. The maximum atomic E-state index is 14.1. The molecule has 0 saturated carbocycles. The zero-order valence-corrected chi connectivity index (χ0v) is 19.2. The van der Waals surface area contributed by atoms with Gasteiger partial charge in [-0.05, 0) is 37.3 Å². The summed E-state index contributed by atoms with van der Waals surface area (Å²) in [6.07, 6.45) is 2.23. The van der Waals surface area contributed by atoms with Crippen LogP contribution in [0.1, 0.15) is 37.7 Å². The molecule has 158 valence electrons. The van der Waals surface area contributed by atoms with E-state index in [-0.39, 0.29) is 52.9 Å². The van der Waals surface area contributed by atoms with Crippen LogP contribution in [0.3, 0.4) is 0 Å². The third-order valence-electron chi connectivity index (χ3n) is 5.25. The summed E-state index contributed by atoms with van der Waals surface area (Å²) in [6, 6.07) is 3.98. The van der Waals surface area contributed by atoms with E-state index < -0.39 is 21.5 Å². The average molecular weight is 527 g/mol. The van der Waals surface area contributed by atoms with Crippen molar-refractivity contribution >= 4 is 39.8 Å². The molecule has 0 bridgehead atoms. The first-order chi connectivity index (χ1) is 12.9. The van der Waals surface area contributed by atoms with Gasteiger partial charge in [0.05, 0.1) is 11.5 Å². The maximum absolute atomic E-state index is 14.1. The van der Waals surface area contributed by atoms with Crippen molar-refractivity contribution in [3.63, 3.8) is 0 Å². The van der Waals surface area contributed by atoms with Crippen LogP contribution in [0.15, 0.2) is 23.2 Å². The van der Waals surface area contributed by atoms with Crippen LogP contribution in [0, 0.1) is 17.6 Å². The van der Waals surface area contributed by atoms with Crippen molar-refractivity contribution < 1.29 is 17.2 Å². The van der Waals surface area contributed by atoms with Gasteiger partial charge >= 0.3 is 0 Å². The lowest BCUT2D eigenvalue weighted by Crippen LogP contribution is -2.40. The van der Waals surface area contributed by atoms with Crippen molar-refractivity contribution in [2.24, 2.45) is 10.9 Å². The molecule has 1 aromatic rings. The third kappa shape index (κ3) is 5.77. The molecule has 9 heteroatoms. The van der Waals surface area contributed by atoms with E-state index in [1.54, 1.807) is 0 Å². The van der Waals surface area contributed by atoms with Crippen molar-refractivity contribution in [1.82, 2.24) is 10.2 Å². The SMILES string of the molecule is CCCNC(=NCC1CCS(=O)(=O)C1)N1CCC(c2c(F)cccc2F)C1.I. The van der Waals surface area contributed by atoms with Crippen molar-refractivity contribution in [2.75, 3.05) is 37.7 Å². The van der Waals surface area contributed by atoms with E-state index in [0.29, 0.717) is 38.4 Å². The number of guanidine groups is 1. The quantitative estimate of drug-likeness (QED) is 0.363. The normalized spacial score (nSPS) is 24.2. The number of sulfone groups is 1. The van der Waals surface area contributed by atoms with Crippen molar-refractivity contribution in [3.8, 4) is 0 Å². The summed E-state index contributed by atoms with van der Waals surface area (Å²) in [5.41, 5.74) is 0.150. The molecule has 2 unspecified atom stereocenters. The standard InChI is InChI=1S/C19H27F2N3O2S.HI/c1-2-8-22-19(23-11-14-7-10-27(25,26)13-14)24-9-6-15(12-24)18-16(20)4-3-5-17(18)21;/h3-5,14-15H,2,6-13H2,1H3,(H,22,23);1H. The lowest BCUT2D eigenvalue weighted by atomic mass is 9.97. The Morgan fingerprint density at radius 1 is 1.29 bits per heavy atom. The molecule has 2 aliphatic rings. The second-order valence-electron chi connectivity index (χ2n) is 7.43. The van der Waals surface area contributed by atoms with Gasteiger partial charge in [-0.25, -0.2) is 17.2 Å². The summed E-state index contributed by atoms with van der Waals surface area (Å²) in [4.78, 5) is 6.67. The predicted molar refractivity (Wildman–Crippen MR) is 118 cm³/mol. The van der Waals surface area contributed by atoms with E-state index in [2.05, 4.69) is 17.2 Å². The van der Waals surface area contributed by atoms with Crippen LogP contribution in [-0.4, -0.2) is 57.0 Å². The number of benzene rings is 1. The first-order valence-electron chi connectivity index (χ1n) is 9.57. The Labute approximate surface area is 182 Å². The number of hydrogen-bond acceptors (Lipinski definition) is 3. The Hall–Kier alpha value is -0.970. The summed E-state index contributed by atoms with van der Waals surface area (Å²) < 4.78 is 51.5. The highest BCUT2D eigenvalue weighted by Crippen LogP contribution is 2.31. The monoisotopic (exact) mass is 527 g/mol. The Kier molecular flexibility index (Phi) is 8.47. The second-order valence-corrected chi connectivity index (χ2v) is 9.66. The number of hydrogen-bond donors (Lipinski definition) is 1. The Balaban J connectivity index is 0.00000280. The molecule has 0 amide bonds. The molecule has 2 heterocycles. The van der Waals surface area contributed by atoms with Gasteiger partial charge in [0.15, 0.2) is 15.8 Å². The topological polar surface area (TPSA) is 61.8 Å².